The van der Waals surface area contributed by atoms with E-state index in [1.807, 2.05) is 18.2 Å². The maximum Gasteiger partial charge on any atom is 0.490 e. The summed E-state index contributed by atoms with van der Waals surface area (Å²) in [6.45, 7) is 22.5. The molecule has 1 aliphatic heterocycles. The van der Waals surface area contributed by atoms with Crippen LogP contribution in [0, 0.1) is 0 Å². The maximum atomic E-state index is 13.3. The molecule has 5 nitrogen and oxygen atoms in total. The summed E-state index contributed by atoms with van der Waals surface area (Å²) in [4.78, 5) is 13.3. The molecule has 1 aromatic carbocycles. The van der Waals surface area contributed by atoms with Gasteiger partial charge in [0.25, 0.3) is 0 Å². The first-order valence-corrected chi connectivity index (χ1v) is 17.0. The predicted octanol–water partition coefficient (Wildman–Crippen LogP) is 7.61. The number of carbonyl (C=O) groups excluding carboxylic acids is 1. The van der Waals surface area contributed by atoms with Crippen LogP contribution in [-0.4, -0.2) is 45.1 Å². The quantitative estimate of drug-likeness (QED) is 0.226. The molecule has 210 valence electrons. The summed E-state index contributed by atoms with van der Waals surface area (Å²) in [6.07, 6.45) is 4.72. The number of allylic oxidation sites excluding steroid dienone is 1. The van der Waals surface area contributed by atoms with E-state index in [9.17, 15) is 4.79 Å². The highest BCUT2D eigenvalue weighted by Crippen LogP contribution is 2.43. The number of carbonyl (C=O) groups is 1. The van der Waals surface area contributed by atoms with Gasteiger partial charge >= 0.3 is 7.12 Å². The Kier molecular flexibility index (Phi) is 9.74. The molecule has 0 spiro atoms. The lowest BCUT2D eigenvalue weighted by molar-refractivity contribution is -0.117. The monoisotopic (exact) mass is 540 g/mol. The SMILES string of the molecule is CC1=C([C@H](C/C(=C/COCc2ccccc2)B2OC(C)(C)C(C)(C)O2)O[Si](C)(C)C(C)(C)C)C(=O)CCC1. The van der Waals surface area contributed by atoms with E-state index in [0.717, 1.165) is 35.0 Å². The minimum Gasteiger partial charge on any atom is -0.410 e. The fraction of sp³-hybridized carbons (Fsp3) is 0.645. The second kappa shape index (κ2) is 11.9. The fourth-order valence-electron chi connectivity index (χ4n) is 4.61. The Morgan fingerprint density at radius 3 is 2.24 bits per heavy atom. The van der Waals surface area contributed by atoms with Gasteiger partial charge in [0.2, 0.25) is 0 Å². The smallest absolute Gasteiger partial charge is 0.410 e. The Hall–Kier alpha value is -1.51. The molecule has 0 unspecified atom stereocenters. The van der Waals surface area contributed by atoms with Crippen molar-refractivity contribution in [3.8, 4) is 0 Å². The van der Waals surface area contributed by atoms with E-state index in [2.05, 4.69) is 86.7 Å². The highest BCUT2D eigenvalue weighted by molar-refractivity contribution is 6.74. The molecule has 2 aliphatic rings. The van der Waals surface area contributed by atoms with Crippen LogP contribution in [0.3, 0.4) is 0 Å². The summed E-state index contributed by atoms with van der Waals surface area (Å²) in [5.74, 6) is 0.214. The zero-order chi connectivity index (χ0) is 28.4. The first-order chi connectivity index (χ1) is 17.5. The molecule has 1 aliphatic carbocycles. The number of ether oxygens (including phenoxy) is 1. The molecule has 38 heavy (non-hydrogen) atoms. The molecule has 0 amide bonds. The number of benzene rings is 1. The Morgan fingerprint density at radius 1 is 1.08 bits per heavy atom. The van der Waals surface area contributed by atoms with Gasteiger partial charge in [-0.3, -0.25) is 4.79 Å². The average Bonchev–Trinajstić information content (AvgIpc) is 3.02. The molecule has 1 saturated heterocycles. The third-order valence-corrected chi connectivity index (χ3v) is 13.3. The number of Topliss-reactive ketones (excluding diaryl/α,β-unsaturated/α-hetero) is 1. The van der Waals surface area contributed by atoms with Crippen LogP contribution >= 0.6 is 0 Å². The van der Waals surface area contributed by atoms with Gasteiger partial charge in [-0.2, -0.15) is 0 Å². The molecule has 0 saturated carbocycles. The van der Waals surface area contributed by atoms with Crippen molar-refractivity contribution < 1.29 is 23.3 Å². The summed E-state index contributed by atoms with van der Waals surface area (Å²) >= 11 is 0. The second-order valence-corrected chi connectivity index (χ2v) is 18.2. The van der Waals surface area contributed by atoms with E-state index in [-0.39, 0.29) is 16.9 Å². The normalized spacial score (nSPS) is 21.3. The number of hydrogen-bond donors (Lipinski definition) is 0. The predicted molar refractivity (Wildman–Crippen MR) is 159 cm³/mol. The lowest BCUT2D eigenvalue weighted by Gasteiger charge is -2.41. The van der Waals surface area contributed by atoms with Crippen molar-refractivity contribution in [1.82, 2.24) is 0 Å². The van der Waals surface area contributed by atoms with Crippen LogP contribution in [-0.2, 0) is 29.9 Å². The number of rotatable bonds is 10. The van der Waals surface area contributed by atoms with Gasteiger partial charge in [-0.1, -0.05) is 62.8 Å². The highest BCUT2D eigenvalue weighted by atomic mass is 28.4. The Bertz CT molecular complexity index is 1020. The van der Waals surface area contributed by atoms with E-state index in [0.29, 0.717) is 26.1 Å². The van der Waals surface area contributed by atoms with E-state index >= 15 is 0 Å². The molecule has 3 rings (SSSR count). The standard InChI is InChI=1S/C31H49BO5Si/c1-23-15-14-18-26(33)28(23)27(35-38(9,10)29(2,3)4)21-25(32-36-30(5,6)31(7,8)37-32)19-20-34-22-24-16-12-11-13-17-24/h11-13,16-17,19,27H,14-15,18,20-22H2,1-10H3/b25-19-/t27-/m0/s1. The Labute approximate surface area is 232 Å². The summed E-state index contributed by atoms with van der Waals surface area (Å²) < 4.78 is 26.0. The van der Waals surface area contributed by atoms with Crippen molar-refractivity contribution in [1.29, 1.82) is 0 Å². The molecule has 0 bridgehead atoms. The van der Waals surface area contributed by atoms with Crippen LogP contribution in [0.25, 0.3) is 0 Å². The molecule has 1 aromatic rings. The molecule has 1 atom stereocenters. The zero-order valence-corrected chi connectivity index (χ0v) is 26.4. The van der Waals surface area contributed by atoms with Crippen LogP contribution in [0.15, 0.2) is 53.0 Å². The first-order valence-electron chi connectivity index (χ1n) is 14.1. The van der Waals surface area contributed by atoms with Crippen molar-refractivity contribution in [3.63, 3.8) is 0 Å². The van der Waals surface area contributed by atoms with Crippen LogP contribution in [0.5, 0.6) is 0 Å². The molecular weight excluding hydrogens is 491 g/mol. The minimum absolute atomic E-state index is 0.0183. The van der Waals surface area contributed by atoms with Gasteiger partial charge in [0.05, 0.1) is 30.5 Å². The van der Waals surface area contributed by atoms with Crippen molar-refractivity contribution in [2.75, 3.05) is 6.61 Å². The summed E-state index contributed by atoms with van der Waals surface area (Å²) in [7, 11) is -2.71. The molecule has 0 aromatic heterocycles. The lowest BCUT2D eigenvalue weighted by Crippen LogP contribution is -2.46. The number of ketones is 1. The second-order valence-electron chi connectivity index (χ2n) is 13.4. The summed E-state index contributed by atoms with van der Waals surface area (Å²) in [5, 5.41) is 0.0183. The Balaban J connectivity index is 1.94. The summed E-state index contributed by atoms with van der Waals surface area (Å²) in [6, 6.07) is 10.2. The van der Waals surface area contributed by atoms with Crippen LogP contribution in [0.4, 0.5) is 0 Å². The average molecular weight is 541 g/mol. The van der Waals surface area contributed by atoms with E-state index in [1.54, 1.807) is 0 Å². The molecule has 1 heterocycles. The molecular formula is C31H49BO5Si. The number of hydrogen-bond acceptors (Lipinski definition) is 5. The Morgan fingerprint density at radius 2 is 1.68 bits per heavy atom. The lowest BCUT2D eigenvalue weighted by atomic mass is 9.73. The van der Waals surface area contributed by atoms with Crippen molar-refractivity contribution in [2.24, 2.45) is 0 Å². The van der Waals surface area contributed by atoms with Crippen LogP contribution in [0.1, 0.15) is 86.6 Å². The van der Waals surface area contributed by atoms with Crippen molar-refractivity contribution in [3.05, 3.63) is 58.6 Å². The van der Waals surface area contributed by atoms with Gasteiger partial charge in [-0.05, 0) is 83.0 Å². The fourth-order valence-corrected chi connectivity index (χ4v) is 5.88. The molecule has 1 fully saturated rings. The van der Waals surface area contributed by atoms with Crippen LogP contribution < -0.4 is 0 Å². The minimum atomic E-state index is -2.18. The highest BCUT2D eigenvalue weighted by Gasteiger charge is 2.53. The van der Waals surface area contributed by atoms with Gasteiger partial charge in [-0.15, -0.1) is 0 Å². The zero-order valence-electron chi connectivity index (χ0n) is 25.4. The van der Waals surface area contributed by atoms with Gasteiger partial charge in [-0.25, -0.2) is 0 Å². The van der Waals surface area contributed by atoms with E-state index in [4.69, 9.17) is 18.5 Å². The molecule has 7 heteroatoms. The third-order valence-electron chi connectivity index (χ3n) is 8.83. The maximum absolute atomic E-state index is 13.3. The summed E-state index contributed by atoms with van der Waals surface area (Å²) in [5.41, 5.74) is 3.18. The molecule has 0 N–H and O–H groups in total. The van der Waals surface area contributed by atoms with E-state index < -0.39 is 26.6 Å². The largest absolute Gasteiger partial charge is 0.490 e. The third kappa shape index (κ3) is 7.36. The van der Waals surface area contributed by atoms with Gasteiger partial charge in [0, 0.05) is 12.0 Å². The van der Waals surface area contributed by atoms with Crippen LogP contribution in [0.2, 0.25) is 18.1 Å². The van der Waals surface area contributed by atoms with Gasteiger partial charge < -0.3 is 18.5 Å². The van der Waals surface area contributed by atoms with Crippen molar-refractivity contribution >= 4 is 21.2 Å². The van der Waals surface area contributed by atoms with E-state index in [1.165, 1.54) is 0 Å². The van der Waals surface area contributed by atoms with Gasteiger partial charge in [0.15, 0.2) is 14.1 Å². The topological polar surface area (TPSA) is 54.0 Å². The first kappa shape index (κ1) is 31.0. The van der Waals surface area contributed by atoms with Gasteiger partial charge in [0.1, 0.15) is 0 Å². The molecule has 0 radical (unpaired) electrons. The van der Waals surface area contributed by atoms with Crippen molar-refractivity contribution in [2.45, 2.75) is 123 Å².